The third-order valence-electron chi connectivity index (χ3n) is 2.69. The van der Waals surface area contributed by atoms with Crippen molar-refractivity contribution in [2.45, 2.75) is 32.2 Å². The largest absolute Gasteiger partial charge is 0.466 e. The summed E-state index contributed by atoms with van der Waals surface area (Å²) in [5, 5.41) is 3.46. The van der Waals surface area contributed by atoms with E-state index in [1.165, 1.54) is 13.0 Å². The molecule has 0 amide bonds. The first-order chi connectivity index (χ1) is 7.22. The summed E-state index contributed by atoms with van der Waals surface area (Å²) >= 11 is 0. The second-order valence-corrected chi connectivity index (χ2v) is 4.11. The van der Waals surface area contributed by atoms with Gasteiger partial charge in [-0.2, -0.15) is 0 Å². The fraction of sp³-hybridized carbons (Fsp3) is 0.909. The van der Waals surface area contributed by atoms with Gasteiger partial charge in [-0.1, -0.05) is 0 Å². The summed E-state index contributed by atoms with van der Waals surface area (Å²) in [6, 6.07) is 0.609. The standard InChI is InChI=1S/C11H22N2O2/c1-3-15-11(14)5-4-7-12-10-6-8-13(2)9-10/h10,12H,3-9H2,1-2H3. The molecule has 1 fully saturated rings. The highest BCUT2D eigenvalue weighted by atomic mass is 16.5. The maximum atomic E-state index is 11.0. The lowest BCUT2D eigenvalue weighted by atomic mass is 10.2. The summed E-state index contributed by atoms with van der Waals surface area (Å²) in [4.78, 5) is 13.4. The van der Waals surface area contributed by atoms with E-state index in [0.29, 0.717) is 19.1 Å². The Morgan fingerprint density at radius 2 is 2.40 bits per heavy atom. The molecule has 0 aromatic rings. The fourth-order valence-corrected chi connectivity index (χ4v) is 1.87. The minimum Gasteiger partial charge on any atom is -0.466 e. The van der Waals surface area contributed by atoms with Gasteiger partial charge in [0.25, 0.3) is 0 Å². The van der Waals surface area contributed by atoms with Crippen molar-refractivity contribution in [3.05, 3.63) is 0 Å². The Hall–Kier alpha value is -0.610. The van der Waals surface area contributed by atoms with E-state index in [1.807, 2.05) is 6.92 Å². The number of nitrogens with zero attached hydrogens (tertiary/aromatic N) is 1. The van der Waals surface area contributed by atoms with Gasteiger partial charge in [-0.05, 0) is 39.9 Å². The van der Waals surface area contributed by atoms with Crippen LogP contribution in [0.15, 0.2) is 0 Å². The highest BCUT2D eigenvalue weighted by Crippen LogP contribution is 2.05. The van der Waals surface area contributed by atoms with Gasteiger partial charge in [-0.15, -0.1) is 0 Å². The first-order valence-electron chi connectivity index (χ1n) is 5.80. The lowest BCUT2D eigenvalue weighted by Crippen LogP contribution is -2.32. The molecule has 0 radical (unpaired) electrons. The van der Waals surface area contributed by atoms with E-state index in [1.54, 1.807) is 0 Å². The molecule has 1 N–H and O–H groups in total. The quantitative estimate of drug-likeness (QED) is 0.520. The number of rotatable bonds is 6. The van der Waals surface area contributed by atoms with Crippen molar-refractivity contribution in [1.29, 1.82) is 0 Å². The van der Waals surface area contributed by atoms with Gasteiger partial charge in [0.1, 0.15) is 0 Å². The number of hydrogen-bond donors (Lipinski definition) is 1. The number of esters is 1. The van der Waals surface area contributed by atoms with Gasteiger partial charge in [-0.3, -0.25) is 4.79 Å². The second kappa shape index (κ2) is 6.80. The number of hydrogen-bond acceptors (Lipinski definition) is 4. The summed E-state index contributed by atoms with van der Waals surface area (Å²) in [7, 11) is 2.14. The molecule has 1 atom stereocenters. The normalized spacial score (nSPS) is 21.9. The number of carbonyl (C=O) groups excluding carboxylic acids is 1. The molecule has 4 nitrogen and oxygen atoms in total. The Morgan fingerprint density at radius 1 is 1.60 bits per heavy atom. The number of carbonyl (C=O) groups is 1. The van der Waals surface area contributed by atoms with E-state index in [2.05, 4.69) is 17.3 Å². The van der Waals surface area contributed by atoms with Crippen molar-refractivity contribution in [1.82, 2.24) is 10.2 Å². The highest BCUT2D eigenvalue weighted by Gasteiger charge is 2.18. The molecule has 0 aliphatic carbocycles. The average molecular weight is 214 g/mol. The van der Waals surface area contributed by atoms with Gasteiger partial charge in [0.05, 0.1) is 6.61 Å². The molecule has 0 saturated carbocycles. The molecule has 15 heavy (non-hydrogen) atoms. The Balaban J connectivity index is 1.95. The van der Waals surface area contributed by atoms with E-state index >= 15 is 0 Å². The van der Waals surface area contributed by atoms with E-state index in [-0.39, 0.29) is 5.97 Å². The van der Waals surface area contributed by atoms with Crippen LogP contribution in [0, 0.1) is 0 Å². The van der Waals surface area contributed by atoms with Gasteiger partial charge in [-0.25, -0.2) is 0 Å². The molecule has 1 unspecified atom stereocenters. The predicted molar refractivity (Wildman–Crippen MR) is 59.8 cm³/mol. The second-order valence-electron chi connectivity index (χ2n) is 4.11. The molecule has 88 valence electrons. The van der Waals surface area contributed by atoms with Crippen LogP contribution in [0.3, 0.4) is 0 Å². The minimum absolute atomic E-state index is 0.0807. The Labute approximate surface area is 92.0 Å². The summed E-state index contributed by atoms with van der Waals surface area (Å²) in [5.74, 6) is -0.0807. The molecule has 0 aromatic carbocycles. The zero-order chi connectivity index (χ0) is 11.1. The monoisotopic (exact) mass is 214 g/mol. The Bertz CT molecular complexity index is 197. The van der Waals surface area contributed by atoms with E-state index in [4.69, 9.17) is 4.74 Å². The zero-order valence-corrected chi connectivity index (χ0v) is 9.79. The molecule has 1 aliphatic heterocycles. The van der Waals surface area contributed by atoms with Crippen LogP contribution in [-0.4, -0.2) is 50.2 Å². The Morgan fingerprint density at radius 3 is 3.00 bits per heavy atom. The van der Waals surface area contributed by atoms with Gasteiger partial charge in [0.2, 0.25) is 0 Å². The van der Waals surface area contributed by atoms with Crippen LogP contribution in [0.25, 0.3) is 0 Å². The van der Waals surface area contributed by atoms with Crippen LogP contribution in [0.5, 0.6) is 0 Å². The number of nitrogens with one attached hydrogen (secondary N) is 1. The minimum atomic E-state index is -0.0807. The summed E-state index contributed by atoms with van der Waals surface area (Å²) in [6.07, 6.45) is 2.62. The van der Waals surface area contributed by atoms with Crippen LogP contribution in [0.4, 0.5) is 0 Å². The first-order valence-corrected chi connectivity index (χ1v) is 5.80. The zero-order valence-electron chi connectivity index (χ0n) is 9.79. The Kier molecular flexibility index (Phi) is 5.65. The van der Waals surface area contributed by atoms with Gasteiger partial charge >= 0.3 is 5.97 Å². The molecule has 1 aliphatic rings. The molecule has 1 heterocycles. The van der Waals surface area contributed by atoms with E-state index < -0.39 is 0 Å². The average Bonchev–Trinajstić information content (AvgIpc) is 2.60. The van der Waals surface area contributed by atoms with Crippen LogP contribution in [-0.2, 0) is 9.53 Å². The van der Waals surface area contributed by atoms with E-state index in [0.717, 1.165) is 19.5 Å². The van der Waals surface area contributed by atoms with Gasteiger partial charge in [0, 0.05) is 19.0 Å². The van der Waals surface area contributed by atoms with Crippen molar-refractivity contribution in [2.24, 2.45) is 0 Å². The number of likely N-dealkylation sites (N-methyl/N-ethyl adjacent to an activating group) is 1. The maximum Gasteiger partial charge on any atom is 0.305 e. The third-order valence-corrected chi connectivity index (χ3v) is 2.69. The topological polar surface area (TPSA) is 41.6 Å². The van der Waals surface area contributed by atoms with Crippen LogP contribution >= 0.6 is 0 Å². The van der Waals surface area contributed by atoms with Crippen molar-refractivity contribution in [2.75, 3.05) is 33.3 Å². The van der Waals surface area contributed by atoms with Crippen LogP contribution < -0.4 is 5.32 Å². The molecule has 0 bridgehead atoms. The van der Waals surface area contributed by atoms with Gasteiger partial charge < -0.3 is 15.0 Å². The van der Waals surface area contributed by atoms with Crippen LogP contribution in [0.1, 0.15) is 26.2 Å². The van der Waals surface area contributed by atoms with E-state index in [9.17, 15) is 4.79 Å². The van der Waals surface area contributed by atoms with Crippen molar-refractivity contribution < 1.29 is 9.53 Å². The molecule has 0 spiro atoms. The van der Waals surface area contributed by atoms with Crippen molar-refractivity contribution in [3.63, 3.8) is 0 Å². The van der Waals surface area contributed by atoms with Gasteiger partial charge in [0.15, 0.2) is 0 Å². The molecular formula is C11H22N2O2. The highest BCUT2D eigenvalue weighted by molar-refractivity contribution is 5.69. The molecule has 1 rings (SSSR count). The molecule has 4 heteroatoms. The summed E-state index contributed by atoms with van der Waals surface area (Å²) < 4.78 is 4.86. The maximum absolute atomic E-state index is 11.0. The van der Waals surface area contributed by atoms with Crippen molar-refractivity contribution >= 4 is 5.97 Å². The first kappa shape index (κ1) is 12.5. The smallest absolute Gasteiger partial charge is 0.305 e. The fourth-order valence-electron chi connectivity index (χ4n) is 1.87. The SMILES string of the molecule is CCOC(=O)CCCNC1CCN(C)C1. The molecular weight excluding hydrogens is 192 g/mol. The number of ether oxygens (including phenoxy) is 1. The van der Waals surface area contributed by atoms with Crippen molar-refractivity contribution in [3.8, 4) is 0 Å². The predicted octanol–water partition coefficient (Wildman–Crippen LogP) is 0.623. The molecule has 0 aromatic heterocycles. The summed E-state index contributed by atoms with van der Waals surface area (Å²) in [5.41, 5.74) is 0. The lowest BCUT2D eigenvalue weighted by molar-refractivity contribution is -0.143. The number of likely N-dealkylation sites (tertiary alicyclic amines) is 1. The third kappa shape index (κ3) is 5.14. The molecule has 1 saturated heterocycles. The summed E-state index contributed by atoms with van der Waals surface area (Å²) in [6.45, 7) is 5.54. The lowest BCUT2D eigenvalue weighted by Gasteiger charge is -2.12. The van der Waals surface area contributed by atoms with Crippen LogP contribution in [0.2, 0.25) is 0 Å².